The van der Waals surface area contributed by atoms with Gasteiger partial charge in [-0.3, -0.25) is 9.79 Å². The molecule has 1 saturated heterocycles. The maximum atomic E-state index is 11.4. The normalized spacial score (nSPS) is 14.7. The molecule has 3 rings (SSSR count). The Bertz CT molecular complexity index is 789. The molecule has 1 aromatic heterocycles. The number of nitrogens with zero attached hydrogens (tertiary/aromatic N) is 4. The maximum Gasteiger partial charge on any atom is 0.219 e. The van der Waals surface area contributed by atoms with E-state index in [-0.39, 0.29) is 29.9 Å². The Morgan fingerprint density at radius 1 is 1.07 bits per heavy atom. The first kappa shape index (κ1) is 21.2. The molecule has 1 aliphatic rings. The lowest BCUT2D eigenvalue weighted by Crippen LogP contribution is -2.53. The van der Waals surface area contributed by atoms with Crippen molar-refractivity contribution in [1.29, 1.82) is 0 Å². The molecule has 2 N–H and O–H groups in total. The first-order valence-electron chi connectivity index (χ1n) is 8.98. The smallest absolute Gasteiger partial charge is 0.219 e. The van der Waals surface area contributed by atoms with Gasteiger partial charge in [-0.2, -0.15) is 0 Å². The molecule has 7 nitrogen and oxygen atoms in total. The number of guanidine groups is 1. The van der Waals surface area contributed by atoms with Gasteiger partial charge in [-0.1, -0.05) is 18.2 Å². The Hall–Kier alpha value is -2.10. The Kier molecular flexibility index (Phi) is 8.08. The van der Waals surface area contributed by atoms with Crippen molar-refractivity contribution in [3.8, 4) is 0 Å². The molecular weight excluding hydrogens is 455 g/mol. The lowest BCUT2D eigenvalue weighted by atomic mass is 10.2. The van der Waals surface area contributed by atoms with Crippen molar-refractivity contribution in [2.45, 2.75) is 6.92 Å². The molecule has 0 aliphatic carbocycles. The predicted octanol–water partition coefficient (Wildman–Crippen LogP) is 2.00. The lowest BCUT2D eigenvalue weighted by Gasteiger charge is -2.36. The SMILES string of the molecule is CN=C(NCCNc1ccc2ccccc2n1)N1CCN(C(C)=O)CC1.I. The highest BCUT2D eigenvalue weighted by Crippen LogP contribution is 2.14. The van der Waals surface area contributed by atoms with Gasteiger partial charge in [0.25, 0.3) is 0 Å². The van der Waals surface area contributed by atoms with E-state index in [1.165, 1.54) is 0 Å². The van der Waals surface area contributed by atoms with Crippen LogP contribution in [0, 0.1) is 0 Å². The largest absolute Gasteiger partial charge is 0.368 e. The summed E-state index contributed by atoms with van der Waals surface area (Å²) in [4.78, 5) is 24.4. The van der Waals surface area contributed by atoms with Gasteiger partial charge in [0.2, 0.25) is 5.91 Å². The molecule has 146 valence electrons. The molecule has 1 aliphatic heterocycles. The standard InChI is InChI=1S/C19H26N6O.HI/c1-15(26)24-11-13-25(14-12-24)19(20-2)22-10-9-21-18-8-7-16-5-3-4-6-17(16)23-18;/h3-8H,9-14H2,1-2H3,(H,20,22)(H,21,23);1H. The van der Waals surface area contributed by atoms with E-state index in [0.717, 1.165) is 61.9 Å². The summed E-state index contributed by atoms with van der Waals surface area (Å²) in [5, 5.41) is 7.85. The van der Waals surface area contributed by atoms with Crippen LogP contribution in [0.1, 0.15) is 6.92 Å². The van der Waals surface area contributed by atoms with Gasteiger partial charge in [0.15, 0.2) is 5.96 Å². The van der Waals surface area contributed by atoms with Crippen LogP contribution in [0.3, 0.4) is 0 Å². The molecule has 0 bridgehead atoms. The van der Waals surface area contributed by atoms with Gasteiger partial charge in [-0.05, 0) is 18.2 Å². The van der Waals surface area contributed by atoms with Crippen molar-refractivity contribution < 1.29 is 4.79 Å². The number of anilines is 1. The number of aromatic nitrogens is 1. The average molecular weight is 482 g/mol. The molecule has 0 spiro atoms. The molecule has 1 aromatic carbocycles. The number of benzene rings is 1. The van der Waals surface area contributed by atoms with Gasteiger partial charge in [0, 0.05) is 58.6 Å². The Balaban J connectivity index is 0.00000261. The molecule has 1 fully saturated rings. The molecule has 2 aromatic rings. The van der Waals surface area contributed by atoms with Crippen LogP contribution in [-0.4, -0.2) is 73.0 Å². The fraction of sp³-hybridized carbons (Fsp3) is 0.421. The zero-order valence-electron chi connectivity index (χ0n) is 15.8. The van der Waals surface area contributed by atoms with Gasteiger partial charge in [-0.15, -0.1) is 24.0 Å². The minimum Gasteiger partial charge on any atom is -0.368 e. The fourth-order valence-corrected chi connectivity index (χ4v) is 3.09. The van der Waals surface area contributed by atoms with Gasteiger partial charge in [0.1, 0.15) is 5.82 Å². The van der Waals surface area contributed by atoms with Gasteiger partial charge >= 0.3 is 0 Å². The van der Waals surface area contributed by atoms with Crippen LogP contribution in [0.25, 0.3) is 10.9 Å². The highest BCUT2D eigenvalue weighted by molar-refractivity contribution is 14.0. The number of pyridine rings is 1. The molecule has 27 heavy (non-hydrogen) atoms. The second kappa shape index (κ2) is 10.3. The molecule has 1 amide bonds. The van der Waals surface area contributed by atoms with E-state index in [2.05, 4.69) is 37.6 Å². The summed E-state index contributed by atoms with van der Waals surface area (Å²) in [6, 6.07) is 12.2. The number of hydrogen-bond donors (Lipinski definition) is 2. The van der Waals surface area contributed by atoms with E-state index < -0.39 is 0 Å². The molecule has 2 heterocycles. The number of halogens is 1. The molecule has 0 radical (unpaired) electrons. The number of amides is 1. The van der Waals surface area contributed by atoms with E-state index in [9.17, 15) is 4.79 Å². The summed E-state index contributed by atoms with van der Waals surface area (Å²) in [7, 11) is 1.79. The highest BCUT2D eigenvalue weighted by Gasteiger charge is 2.20. The van der Waals surface area contributed by atoms with Crippen LogP contribution in [0.4, 0.5) is 5.82 Å². The topological polar surface area (TPSA) is 72.9 Å². The van der Waals surface area contributed by atoms with E-state index in [1.54, 1.807) is 14.0 Å². The van der Waals surface area contributed by atoms with Crippen molar-refractivity contribution >= 4 is 52.6 Å². The van der Waals surface area contributed by atoms with Gasteiger partial charge < -0.3 is 20.4 Å². The number of piperazine rings is 1. The molecule has 0 atom stereocenters. The number of nitrogens with one attached hydrogen (secondary N) is 2. The Morgan fingerprint density at radius 2 is 1.78 bits per heavy atom. The number of aliphatic imine (C=N–C) groups is 1. The maximum absolute atomic E-state index is 11.4. The molecule has 8 heteroatoms. The minimum atomic E-state index is 0. The zero-order chi connectivity index (χ0) is 18.4. The summed E-state index contributed by atoms with van der Waals surface area (Å²) in [5.74, 6) is 1.89. The van der Waals surface area contributed by atoms with Crippen molar-refractivity contribution in [3.63, 3.8) is 0 Å². The first-order valence-corrected chi connectivity index (χ1v) is 8.98. The zero-order valence-corrected chi connectivity index (χ0v) is 18.1. The van der Waals surface area contributed by atoms with E-state index in [0.29, 0.717) is 0 Å². The van der Waals surface area contributed by atoms with Crippen LogP contribution in [0.5, 0.6) is 0 Å². The predicted molar refractivity (Wildman–Crippen MR) is 121 cm³/mol. The third kappa shape index (κ3) is 5.69. The summed E-state index contributed by atoms with van der Waals surface area (Å²) >= 11 is 0. The van der Waals surface area contributed by atoms with Crippen LogP contribution in [0.15, 0.2) is 41.4 Å². The highest BCUT2D eigenvalue weighted by atomic mass is 127. The summed E-state index contributed by atoms with van der Waals surface area (Å²) < 4.78 is 0. The Morgan fingerprint density at radius 3 is 2.48 bits per heavy atom. The molecule has 0 saturated carbocycles. The van der Waals surface area contributed by atoms with Gasteiger partial charge in [0.05, 0.1) is 5.52 Å². The number of carbonyl (C=O) groups is 1. The second-order valence-electron chi connectivity index (χ2n) is 6.28. The average Bonchev–Trinajstić information content (AvgIpc) is 2.68. The van der Waals surface area contributed by atoms with E-state index in [1.807, 2.05) is 29.2 Å². The van der Waals surface area contributed by atoms with Crippen molar-refractivity contribution in [1.82, 2.24) is 20.1 Å². The van der Waals surface area contributed by atoms with Crippen molar-refractivity contribution in [2.24, 2.45) is 4.99 Å². The van der Waals surface area contributed by atoms with Crippen LogP contribution in [0.2, 0.25) is 0 Å². The molecule has 0 unspecified atom stereocenters. The third-order valence-corrected chi connectivity index (χ3v) is 4.55. The number of carbonyl (C=O) groups excluding carboxylic acids is 1. The van der Waals surface area contributed by atoms with Crippen molar-refractivity contribution in [3.05, 3.63) is 36.4 Å². The van der Waals surface area contributed by atoms with Crippen LogP contribution < -0.4 is 10.6 Å². The number of rotatable bonds is 4. The fourth-order valence-electron chi connectivity index (χ4n) is 3.09. The minimum absolute atomic E-state index is 0. The summed E-state index contributed by atoms with van der Waals surface area (Å²) in [6.07, 6.45) is 0. The first-order chi connectivity index (χ1) is 12.7. The number of para-hydroxylation sites is 1. The van der Waals surface area contributed by atoms with Crippen LogP contribution in [-0.2, 0) is 4.79 Å². The third-order valence-electron chi connectivity index (χ3n) is 4.55. The summed E-state index contributed by atoms with van der Waals surface area (Å²) in [6.45, 7) is 6.21. The van der Waals surface area contributed by atoms with Crippen molar-refractivity contribution in [2.75, 3.05) is 51.6 Å². The monoisotopic (exact) mass is 482 g/mol. The van der Waals surface area contributed by atoms with E-state index in [4.69, 9.17) is 0 Å². The van der Waals surface area contributed by atoms with E-state index >= 15 is 0 Å². The Labute approximate surface area is 177 Å². The lowest BCUT2D eigenvalue weighted by molar-refractivity contribution is -0.130. The number of hydrogen-bond acceptors (Lipinski definition) is 4. The van der Waals surface area contributed by atoms with Gasteiger partial charge in [-0.25, -0.2) is 4.98 Å². The van der Waals surface area contributed by atoms with Crippen LogP contribution >= 0.6 is 24.0 Å². The quantitative estimate of drug-likeness (QED) is 0.302. The summed E-state index contributed by atoms with van der Waals surface area (Å²) in [5.41, 5.74) is 0.990. The second-order valence-corrected chi connectivity index (χ2v) is 6.28. The number of fused-ring (bicyclic) bond motifs is 1. The molecular formula is C19H27IN6O.